The number of hydrogen-bond donors (Lipinski definition) is 4. The Morgan fingerprint density at radius 2 is 2.07 bits per heavy atom. The van der Waals surface area contributed by atoms with Gasteiger partial charge in [0.25, 0.3) is 0 Å². The number of rotatable bonds is 7. The molecule has 0 aliphatic carbocycles. The van der Waals surface area contributed by atoms with Gasteiger partial charge in [0.1, 0.15) is 17.3 Å². The highest BCUT2D eigenvalue weighted by atomic mass is 35.5. The van der Waals surface area contributed by atoms with Crippen LogP contribution < -0.4 is 10.6 Å². The van der Waals surface area contributed by atoms with Crippen molar-refractivity contribution in [1.82, 2.24) is 20.6 Å². The molecule has 144 valence electrons. The lowest BCUT2D eigenvalue weighted by molar-refractivity contribution is 0.102. The summed E-state index contributed by atoms with van der Waals surface area (Å²) < 4.78 is 13.0. The Kier molecular flexibility index (Phi) is 6.06. The molecule has 0 amide bonds. The minimum Gasteiger partial charge on any atom is -0.382 e. The Morgan fingerprint density at radius 1 is 1.32 bits per heavy atom. The summed E-state index contributed by atoms with van der Waals surface area (Å²) in [5.41, 5.74) is 2.09. The number of amidine groups is 1. The van der Waals surface area contributed by atoms with Crippen LogP contribution in [-0.4, -0.2) is 28.1 Å². The Labute approximate surface area is 166 Å². The number of fused-ring (bicyclic) bond motifs is 1. The van der Waals surface area contributed by atoms with E-state index in [2.05, 4.69) is 20.6 Å². The van der Waals surface area contributed by atoms with Crippen molar-refractivity contribution >= 4 is 34.3 Å². The average molecular weight is 400 g/mol. The number of carbonyl (C=O) groups excluding carboxylic acids is 1. The fourth-order valence-electron chi connectivity index (χ4n) is 2.69. The van der Waals surface area contributed by atoms with Gasteiger partial charge in [0.05, 0.1) is 16.3 Å². The van der Waals surface area contributed by atoms with Gasteiger partial charge < -0.3 is 15.6 Å². The molecule has 0 fully saturated rings. The number of nitrogens with zero attached hydrogens (tertiary/aromatic N) is 1. The van der Waals surface area contributed by atoms with Gasteiger partial charge in [0.15, 0.2) is 0 Å². The summed E-state index contributed by atoms with van der Waals surface area (Å²) in [5.74, 6) is -0.526. The predicted molar refractivity (Wildman–Crippen MR) is 108 cm³/mol. The molecule has 0 spiro atoms. The summed E-state index contributed by atoms with van der Waals surface area (Å²) in [4.78, 5) is 20.1. The van der Waals surface area contributed by atoms with Crippen LogP contribution in [-0.2, 0) is 6.54 Å². The van der Waals surface area contributed by atoms with Gasteiger partial charge in [-0.05, 0) is 30.7 Å². The number of benzene rings is 1. The summed E-state index contributed by atoms with van der Waals surface area (Å²) >= 11 is 6.00. The summed E-state index contributed by atoms with van der Waals surface area (Å²) in [7, 11) is 0. The van der Waals surface area contributed by atoms with E-state index in [0.29, 0.717) is 34.7 Å². The molecule has 6 nitrogen and oxygen atoms in total. The minimum absolute atomic E-state index is 0.0598. The molecule has 0 aliphatic heterocycles. The SMILES string of the molecule is CCN/C(=C\C(=N)NCc1ccc(F)cc1)C(=O)c1c[nH]c2ncc(Cl)cc12. The zero-order chi connectivity index (χ0) is 20.1. The van der Waals surface area contributed by atoms with E-state index in [1.54, 1.807) is 24.4 Å². The molecule has 4 N–H and O–H groups in total. The molecule has 0 bridgehead atoms. The lowest BCUT2D eigenvalue weighted by Crippen LogP contribution is -2.26. The molecule has 0 unspecified atom stereocenters. The molecule has 2 heterocycles. The first-order chi connectivity index (χ1) is 13.5. The van der Waals surface area contributed by atoms with Crippen molar-refractivity contribution in [3.8, 4) is 0 Å². The number of aromatic amines is 1. The maximum Gasteiger partial charge on any atom is 0.211 e. The largest absolute Gasteiger partial charge is 0.382 e. The third-order valence-corrected chi connectivity index (χ3v) is 4.25. The quantitative estimate of drug-likeness (QED) is 0.210. The number of hydrogen-bond acceptors (Lipinski definition) is 4. The molecule has 2 aromatic heterocycles. The average Bonchev–Trinajstić information content (AvgIpc) is 3.09. The highest BCUT2D eigenvalue weighted by molar-refractivity contribution is 6.31. The van der Waals surface area contributed by atoms with Gasteiger partial charge in [-0.1, -0.05) is 23.7 Å². The molecule has 3 aromatic rings. The first-order valence-corrected chi connectivity index (χ1v) is 9.05. The third-order valence-electron chi connectivity index (χ3n) is 4.04. The van der Waals surface area contributed by atoms with E-state index >= 15 is 0 Å². The van der Waals surface area contributed by atoms with Crippen LogP contribution in [0.3, 0.4) is 0 Å². The zero-order valence-corrected chi connectivity index (χ0v) is 15.9. The van der Waals surface area contributed by atoms with Gasteiger partial charge in [-0.2, -0.15) is 0 Å². The molecule has 0 saturated carbocycles. The second-order valence-electron chi connectivity index (χ2n) is 6.06. The molecule has 0 aliphatic rings. The highest BCUT2D eigenvalue weighted by Crippen LogP contribution is 2.22. The van der Waals surface area contributed by atoms with Crippen LogP contribution in [0.15, 0.2) is 54.5 Å². The van der Waals surface area contributed by atoms with Gasteiger partial charge in [0, 0.05) is 36.9 Å². The van der Waals surface area contributed by atoms with Gasteiger partial charge in [-0.3, -0.25) is 10.2 Å². The molecule has 0 saturated heterocycles. The minimum atomic E-state index is -0.313. The van der Waals surface area contributed by atoms with Crippen molar-refractivity contribution in [2.45, 2.75) is 13.5 Å². The van der Waals surface area contributed by atoms with E-state index in [9.17, 15) is 9.18 Å². The molecule has 0 radical (unpaired) electrons. The Morgan fingerprint density at radius 3 is 2.79 bits per heavy atom. The number of Topliss-reactive ketones (excluding diaryl/α,β-unsaturated/α-hetero) is 1. The number of ketones is 1. The molecule has 1 aromatic carbocycles. The summed E-state index contributed by atoms with van der Waals surface area (Å²) in [6, 6.07) is 7.67. The lowest BCUT2D eigenvalue weighted by atomic mass is 10.1. The molecular formula is C20H19ClFN5O. The molecule has 28 heavy (non-hydrogen) atoms. The van der Waals surface area contributed by atoms with Crippen LogP contribution in [0.5, 0.6) is 0 Å². The molecule has 8 heteroatoms. The van der Waals surface area contributed by atoms with Gasteiger partial charge in [0.2, 0.25) is 5.78 Å². The van der Waals surface area contributed by atoms with Crippen molar-refractivity contribution in [3.63, 3.8) is 0 Å². The Balaban J connectivity index is 1.78. The van der Waals surface area contributed by atoms with E-state index in [1.165, 1.54) is 24.4 Å². The van der Waals surface area contributed by atoms with E-state index < -0.39 is 0 Å². The standard InChI is InChI=1S/C20H19ClFN5O/c1-2-24-17(8-18(23)25-9-12-3-5-14(22)6-4-12)19(28)16-11-27-20-15(16)7-13(21)10-26-20/h3-8,10-11,24H,2,9H2,1H3,(H2,23,25)(H,26,27)/b17-8-. The van der Waals surface area contributed by atoms with E-state index in [-0.39, 0.29) is 23.1 Å². The number of allylic oxidation sites excluding steroid dienone is 1. The number of H-pyrrole nitrogens is 1. The number of pyridine rings is 1. The number of nitrogens with one attached hydrogen (secondary N) is 4. The van der Waals surface area contributed by atoms with Crippen LogP contribution in [0.25, 0.3) is 11.0 Å². The Bertz CT molecular complexity index is 1040. The van der Waals surface area contributed by atoms with Gasteiger partial charge >= 0.3 is 0 Å². The highest BCUT2D eigenvalue weighted by Gasteiger charge is 2.17. The maximum atomic E-state index is 13.0. The molecule has 3 rings (SSSR count). The number of aromatic nitrogens is 2. The van der Waals surface area contributed by atoms with Crippen molar-refractivity contribution in [3.05, 3.63) is 76.5 Å². The fraction of sp³-hybridized carbons (Fsp3) is 0.150. The predicted octanol–water partition coefficient (Wildman–Crippen LogP) is 3.80. The van der Waals surface area contributed by atoms with Crippen LogP contribution in [0, 0.1) is 11.2 Å². The van der Waals surface area contributed by atoms with Crippen molar-refractivity contribution in [1.29, 1.82) is 5.41 Å². The van der Waals surface area contributed by atoms with Crippen LogP contribution in [0.4, 0.5) is 4.39 Å². The van der Waals surface area contributed by atoms with E-state index in [4.69, 9.17) is 17.0 Å². The first kappa shape index (κ1) is 19.6. The number of likely N-dealkylation sites (N-methyl/N-ethyl adjacent to an activating group) is 1. The van der Waals surface area contributed by atoms with Gasteiger partial charge in [-0.25, -0.2) is 9.37 Å². The monoisotopic (exact) mass is 399 g/mol. The smallest absolute Gasteiger partial charge is 0.211 e. The first-order valence-electron chi connectivity index (χ1n) is 8.67. The van der Waals surface area contributed by atoms with Crippen molar-refractivity contribution in [2.24, 2.45) is 0 Å². The van der Waals surface area contributed by atoms with E-state index in [0.717, 1.165) is 5.56 Å². The van der Waals surface area contributed by atoms with Crippen molar-refractivity contribution in [2.75, 3.05) is 6.54 Å². The van der Waals surface area contributed by atoms with Crippen molar-refractivity contribution < 1.29 is 9.18 Å². The second kappa shape index (κ2) is 8.67. The topological polar surface area (TPSA) is 93.7 Å². The Hall–Kier alpha value is -3.19. The summed E-state index contributed by atoms with van der Waals surface area (Å²) in [6.07, 6.45) is 4.52. The number of halogens is 2. The van der Waals surface area contributed by atoms with E-state index in [1.807, 2.05) is 6.92 Å². The van der Waals surface area contributed by atoms with Crippen LogP contribution >= 0.6 is 11.6 Å². The normalized spacial score (nSPS) is 11.5. The maximum absolute atomic E-state index is 13.0. The molecule has 0 atom stereocenters. The molecular weight excluding hydrogens is 381 g/mol. The summed E-state index contributed by atoms with van der Waals surface area (Å²) in [6.45, 7) is 2.73. The third kappa shape index (κ3) is 4.55. The van der Waals surface area contributed by atoms with Crippen LogP contribution in [0.1, 0.15) is 22.8 Å². The van der Waals surface area contributed by atoms with Crippen LogP contribution in [0.2, 0.25) is 5.02 Å². The lowest BCUT2D eigenvalue weighted by Gasteiger charge is -2.10. The zero-order valence-electron chi connectivity index (χ0n) is 15.1. The second-order valence-corrected chi connectivity index (χ2v) is 6.50. The van der Waals surface area contributed by atoms with Gasteiger partial charge in [-0.15, -0.1) is 0 Å². The summed E-state index contributed by atoms with van der Waals surface area (Å²) in [5, 5.41) is 15.1. The number of carbonyl (C=O) groups is 1. The fourth-order valence-corrected chi connectivity index (χ4v) is 2.85.